The minimum absolute atomic E-state index is 0.0201. The van der Waals surface area contributed by atoms with Crippen LogP contribution in [-0.4, -0.2) is 30.3 Å². The smallest absolute Gasteiger partial charge is 0.253 e. The molecule has 1 aromatic rings. The van der Waals surface area contributed by atoms with E-state index in [4.69, 9.17) is 0 Å². The topological polar surface area (TPSA) is 96.1 Å². The van der Waals surface area contributed by atoms with E-state index in [1.165, 1.54) is 6.92 Å². The van der Waals surface area contributed by atoms with Crippen molar-refractivity contribution in [2.45, 2.75) is 45.9 Å². The average molecular weight is 314 g/mol. The Labute approximate surface area is 124 Å². The van der Waals surface area contributed by atoms with Crippen LogP contribution in [0.1, 0.15) is 37.1 Å². The molecule has 1 rings (SSSR count). The normalized spacial score (nSPS) is 13.0. The van der Waals surface area contributed by atoms with Crippen molar-refractivity contribution in [3.8, 4) is 0 Å². The second-order valence-corrected chi connectivity index (χ2v) is 7.61. The van der Waals surface area contributed by atoms with E-state index in [9.17, 15) is 18.0 Å². The summed E-state index contributed by atoms with van der Waals surface area (Å²) in [5.74, 6) is -0.603. The number of nitrogens with one attached hydrogen (secondary N) is 2. The summed E-state index contributed by atoms with van der Waals surface area (Å²) in [4.78, 5) is 26.4. The minimum atomic E-state index is -3.44. The molecule has 0 saturated heterocycles. The van der Waals surface area contributed by atoms with Crippen molar-refractivity contribution < 1.29 is 13.2 Å². The zero-order valence-corrected chi connectivity index (χ0v) is 13.6. The van der Waals surface area contributed by atoms with Gasteiger partial charge in [0, 0.05) is 17.8 Å². The van der Waals surface area contributed by atoms with Crippen LogP contribution in [0.3, 0.4) is 0 Å². The first-order valence-electron chi connectivity index (χ1n) is 6.87. The van der Waals surface area contributed by atoms with E-state index in [0.29, 0.717) is 12.0 Å². The van der Waals surface area contributed by atoms with E-state index in [1.54, 1.807) is 26.8 Å². The van der Waals surface area contributed by atoms with Crippen molar-refractivity contribution in [1.29, 1.82) is 0 Å². The third-order valence-corrected chi connectivity index (χ3v) is 5.60. The van der Waals surface area contributed by atoms with Crippen LogP contribution >= 0.6 is 0 Å². The lowest BCUT2D eigenvalue weighted by Crippen LogP contribution is -2.39. The summed E-state index contributed by atoms with van der Waals surface area (Å²) in [5.41, 5.74) is 1.68. The molecule has 0 saturated carbocycles. The summed E-state index contributed by atoms with van der Waals surface area (Å²) < 4.78 is 23.7. The molecular formula is C14H22N2O4S. The molecule has 0 fully saturated rings. The van der Waals surface area contributed by atoms with Crippen LogP contribution in [0, 0.1) is 13.8 Å². The summed E-state index contributed by atoms with van der Waals surface area (Å²) in [6.07, 6.45) is 0.469. The molecule has 1 aromatic heterocycles. The zero-order chi connectivity index (χ0) is 16.2. The van der Waals surface area contributed by atoms with Gasteiger partial charge in [0.25, 0.3) is 5.56 Å². The molecule has 0 unspecified atom stereocenters. The van der Waals surface area contributed by atoms with E-state index in [2.05, 4.69) is 10.3 Å². The first-order chi connectivity index (χ1) is 9.69. The Morgan fingerprint density at radius 2 is 2.00 bits per heavy atom. The average Bonchev–Trinajstić information content (AvgIpc) is 2.36. The van der Waals surface area contributed by atoms with Gasteiger partial charge in [-0.2, -0.15) is 0 Å². The number of carbonyl (C=O) groups is 1. The van der Waals surface area contributed by atoms with Gasteiger partial charge in [-0.05, 0) is 38.8 Å². The second kappa shape index (κ2) is 6.89. The molecule has 118 valence electrons. The number of amides is 1. The van der Waals surface area contributed by atoms with Crippen molar-refractivity contribution in [1.82, 2.24) is 10.3 Å². The van der Waals surface area contributed by atoms with Crippen molar-refractivity contribution in [3.05, 3.63) is 33.2 Å². The summed E-state index contributed by atoms with van der Waals surface area (Å²) in [7, 11) is -3.44. The molecule has 0 aliphatic rings. The van der Waals surface area contributed by atoms with E-state index in [1.807, 2.05) is 0 Å². The number of aromatic amines is 1. The Kier molecular flexibility index (Phi) is 5.71. The largest absolute Gasteiger partial charge is 0.351 e. The van der Waals surface area contributed by atoms with Gasteiger partial charge in [-0.1, -0.05) is 6.92 Å². The maximum absolute atomic E-state index is 11.9. The molecule has 2 N–H and O–H groups in total. The van der Waals surface area contributed by atoms with Crippen LogP contribution in [-0.2, 0) is 21.2 Å². The molecule has 1 heterocycles. The lowest BCUT2D eigenvalue weighted by atomic mass is 10.1. The van der Waals surface area contributed by atoms with Gasteiger partial charge in [0.15, 0.2) is 9.84 Å². The van der Waals surface area contributed by atoms with Crippen LogP contribution in [0.25, 0.3) is 0 Å². The van der Waals surface area contributed by atoms with Gasteiger partial charge in [0.05, 0.1) is 5.75 Å². The molecule has 6 nitrogen and oxygen atoms in total. The molecule has 0 aliphatic carbocycles. The molecule has 0 radical (unpaired) electrons. The van der Waals surface area contributed by atoms with Crippen molar-refractivity contribution in [3.63, 3.8) is 0 Å². The number of rotatable bonds is 6. The third-order valence-electron chi connectivity index (χ3n) is 3.33. The standard InChI is InChI=1S/C14H22N2O4S/c1-5-6-21(19,20)11(4)13(17)15-8-12-9(2)7-10(3)16-14(12)18/h7,11H,5-6,8H2,1-4H3,(H,15,17)(H,16,18)/t11-/m1/s1. The molecule has 1 atom stereocenters. The molecule has 0 bridgehead atoms. The van der Waals surface area contributed by atoms with Gasteiger partial charge < -0.3 is 10.3 Å². The Balaban J connectivity index is 2.81. The molecule has 0 aliphatic heterocycles. The molecule has 21 heavy (non-hydrogen) atoms. The molecule has 7 heteroatoms. The second-order valence-electron chi connectivity index (χ2n) is 5.17. The van der Waals surface area contributed by atoms with Crippen LogP contribution < -0.4 is 10.9 Å². The van der Waals surface area contributed by atoms with E-state index in [0.717, 1.165) is 11.3 Å². The summed E-state index contributed by atoms with van der Waals surface area (Å²) in [6, 6.07) is 1.81. The summed E-state index contributed by atoms with van der Waals surface area (Å²) >= 11 is 0. The lowest BCUT2D eigenvalue weighted by molar-refractivity contribution is -0.120. The van der Waals surface area contributed by atoms with E-state index < -0.39 is 21.0 Å². The van der Waals surface area contributed by atoms with Crippen molar-refractivity contribution in [2.24, 2.45) is 0 Å². The number of sulfone groups is 1. The highest BCUT2D eigenvalue weighted by Gasteiger charge is 2.26. The Bertz CT molecular complexity index is 677. The first kappa shape index (κ1) is 17.4. The highest BCUT2D eigenvalue weighted by molar-refractivity contribution is 7.92. The lowest BCUT2D eigenvalue weighted by Gasteiger charge is -2.13. The van der Waals surface area contributed by atoms with Crippen molar-refractivity contribution in [2.75, 3.05) is 5.75 Å². The van der Waals surface area contributed by atoms with Crippen LogP contribution in [0.15, 0.2) is 10.9 Å². The first-order valence-corrected chi connectivity index (χ1v) is 8.59. The highest BCUT2D eigenvalue weighted by Crippen LogP contribution is 2.06. The van der Waals surface area contributed by atoms with Gasteiger partial charge in [0.1, 0.15) is 5.25 Å². The van der Waals surface area contributed by atoms with Gasteiger partial charge >= 0.3 is 0 Å². The number of hydrogen-bond donors (Lipinski definition) is 2. The minimum Gasteiger partial charge on any atom is -0.351 e. The number of pyridine rings is 1. The van der Waals surface area contributed by atoms with Gasteiger partial charge in [-0.15, -0.1) is 0 Å². The number of aryl methyl sites for hydroxylation is 2. The van der Waals surface area contributed by atoms with Gasteiger partial charge in [-0.25, -0.2) is 8.42 Å². The van der Waals surface area contributed by atoms with Crippen LogP contribution in [0.2, 0.25) is 0 Å². The van der Waals surface area contributed by atoms with E-state index >= 15 is 0 Å². The zero-order valence-electron chi connectivity index (χ0n) is 12.8. The molecule has 0 spiro atoms. The third kappa shape index (κ3) is 4.42. The van der Waals surface area contributed by atoms with Crippen molar-refractivity contribution >= 4 is 15.7 Å². The Hall–Kier alpha value is -1.63. The monoisotopic (exact) mass is 314 g/mol. The molecule has 1 amide bonds. The van der Waals surface area contributed by atoms with Crippen LogP contribution in [0.5, 0.6) is 0 Å². The fourth-order valence-electron chi connectivity index (χ4n) is 2.04. The SMILES string of the molecule is CCCS(=O)(=O)[C@H](C)C(=O)NCc1c(C)cc(C)[nH]c1=O. The fraction of sp³-hybridized carbons (Fsp3) is 0.571. The maximum Gasteiger partial charge on any atom is 0.253 e. The molecular weight excluding hydrogens is 292 g/mol. The number of H-pyrrole nitrogens is 1. The quantitative estimate of drug-likeness (QED) is 0.812. The Morgan fingerprint density at radius 3 is 2.52 bits per heavy atom. The number of aromatic nitrogens is 1. The summed E-state index contributed by atoms with van der Waals surface area (Å²) in [6.45, 7) is 6.69. The Morgan fingerprint density at radius 1 is 1.38 bits per heavy atom. The number of hydrogen-bond acceptors (Lipinski definition) is 4. The predicted octanol–water partition coefficient (Wildman–Crippen LogP) is 0.821. The van der Waals surface area contributed by atoms with E-state index in [-0.39, 0.29) is 17.9 Å². The predicted molar refractivity (Wildman–Crippen MR) is 81.9 cm³/mol. The van der Waals surface area contributed by atoms with Crippen LogP contribution in [0.4, 0.5) is 0 Å². The maximum atomic E-state index is 11.9. The number of carbonyl (C=O) groups excluding carboxylic acids is 1. The fourth-order valence-corrected chi connectivity index (χ4v) is 3.38. The highest BCUT2D eigenvalue weighted by atomic mass is 32.2. The molecule has 0 aromatic carbocycles. The summed E-state index contributed by atoms with van der Waals surface area (Å²) in [5, 5.41) is 1.42. The van der Waals surface area contributed by atoms with Gasteiger partial charge in [-0.3, -0.25) is 9.59 Å². The van der Waals surface area contributed by atoms with Gasteiger partial charge in [0.2, 0.25) is 5.91 Å².